The second-order valence-corrected chi connectivity index (χ2v) is 7.87. The average molecular weight is 377 g/mol. The minimum Gasteiger partial charge on any atom is -0.337 e. The third kappa shape index (κ3) is 3.68. The van der Waals surface area contributed by atoms with E-state index in [0.717, 1.165) is 49.3 Å². The van der Waals surface area contributed by atoms with E-state index in [2.05, 4.69) is 25.7 Å². The standard InChI is InChI=1S/C20H29ClN4O/c1-4-5-12-24-16(10-11-21)14-23(13-15(2)3)20(26)25-18-9-7-6-8-17(18)22-19(24)25/h6-9,15-16H,4-5,10-14H2,1-3H3. The fraction of sp³-hybridized carbons (Fsp3) is 0.600. The number of nitrogens with zero attached hydrogens (tertiary/aromatic N) is 4. The van der Waals surface area contributed by atoms with Crippen molar-refractivity contribution < 1.29 is 4.79 Å². The van der Waals surface area contributed by atoms with Gasteiger partial charge in [-0.15, -0.1) is 11.6 Å². The molecular formula is C20H29ClN4O. The maximum atomic E-state index is 13.4. The summed E-state index contributed by atoms with van der Waals surface area (Å²) in [5.41, 5.74) is 1.75. The molecule has 1 unspecified atom stereocenters. The molecule has 0 saturated heterocycles. The van der Waals surface area contributed by atoms with Gasteiger partial charge in [-0.25, -0.2) is 14.3 Å². The molecule has 0 N–H and O–H groups in total. The lowest BCUT2D eigenvalue weighted by atomic mass is 10.1. The van der Waals surface area contributed by atoms with E-state index in [1.54, 1.807) is 0 Å². The molecule has 1 amide bonds. The Labute approximate surface area is 160 Å². The SMILES string of the molecule is CCCCN1c2nc3ccccc3n2C(=O)N(CC(C)C)CC1CCCl. The van der Waals surface area contributed by atoms with Gasteiger partial charge in [-0.05, 0) is 30.9 Å². The van der Waals surface area contributed by atoms with E-state index >= 15 is 0 Å². The number of unbranched alkanes of at least 4 members (excludes halogenated alkanes) is 1. The predicted molar refractivity (Wildman–Crippen MR) is 108 cm³/mol. The van der Waals surface area contributed by atoms with Crippen LogP contribution in [0.15, 0.2) is 24.3 Å². The minimum absolute atomic E-state index is 0.0287. The van der Waals surface area contributed by atoms with Crippen molar-refractivity contribution in [1.82, 2.24) is 14.5 Å². The zero-order valence-electron chi connectivity index (χ0n) is 16.0. The Hall–Kier alpha value is -1.75. The lowest BCUT2D eigenvalue weighted by Crippen LogP contribution is -2.45. The Kier molecular flexibility index (Phi) is 6.07. The first-order chi connectivity index (χ1) is 12.6. The Bertz CT molecular complexity index is 757. The van der Waals surface area contributed by atoms with Crippen LogP contribution in [0.1, 0.15) is 40.0 Å². The van der Waals surface area contributed by atoms with E-state index in [0.29, 0.717) is 18.3 Å². The second-order valence-electron chi connectivity index (χ2n) is 7.50. The molecule has 1 aromatic heterocycles. The smallest absolute Gasteiger partial charge is 0.331 e. The van der Waals surface area contributed by atoms with E-state index in [-0.39, 0.29) is 12.1 Å². The quantitative estimate of drug-likeness (QED) is 0.664. The number of anilines is 1. The number of fused-ring (bicyclic) bond motifs is 3. The second kappa shape index (κ2) is 8.30. The van der Waals surface area contributed by atoms with E-state index in [9.17, 15) is 4.79 Å². The number of carbonyl (C=O) groups is 1. The van der Waals surface area contributed by atoms with Crippen molar-refractivity contribution >= 4 is 34.6 Å². The molecule has 1 aliphatic rings. The summed E-state index contributed by atoms with van der Waals surface area (Å²) in [4.78, 5) is 22.5. The number of benzene rings is 1. The van der Waals surface area contributed by atoms with Gasteiger partial charge in [-0.1, -0.05) is 39.3 Å². The van der Waals surface area contributed by atoms with Crippen LogP contribution in [-0.2, 0) is 0 Å². The number of para-hydroxylation sites is 2. The van der Waals surface area contributed by atoms with Crippen LogP contribution in [0.2, 0.25) is 0 Å². The lowest BCUT2D eigenvalue weighted by molar-refractivity contribution is 0.192. The molecular weight excluding hydrogens is 348 g/mol. The van der Waals surface area contributed by atoms with Gasteiger partial charge in [0.15, 0.2) is 0 Å². The maximum absolute atomic E-state index is 13.4. The highest BCUT2D eigenvalue weighted by atomic mass is 35.5. The summed E-state index contributed by atoms with van der Waals surface area (Å²) < 4.78 is 1.81. The maximum Gasteiger partial charge on any atom is 0.331 e. The van der Waals surface area contributed by atoms with Crippen LogP contribution in [0.25, 0.3) is 11.0 Å². The summed E-state index contributed by atoms with van der Waals surface area (Å²) in [5, 5.41) is 0. The van der Waals surface area contributed by atoms with E-state index in [1.807, 2.05) is 33.7 Å². The van der Waals surface area contributed by atoms with Crippen molar-refractivity contribution in [2.75, 3.05) is 30.4 Å². The molecule has 26 heavy (non-hydrogen) atoms. The first-order valence-corrected chi connectivity index (χ1v) is 10.2. The number of alkyl halides is 1. The normalized spacial score (nSPS) is 17.9. The molecule has 0 saturated carbocycles. The number of carbonyl (C=O) groups excluding carboxylic acids is 1. The summed E-state index contributed by atoms with van der Waals surface area (Å²) in [6, 6.07) is 8.12. The molecule has 0 aliphatic carbocycles. The summed E-state index contributed by atoms with van der Waals surface area (Å²) in [5.74, 6) is 1.76. The molecule has 0 spiro atoms. The van der Waals surface area contributed by atoms with E-state index < -0.39 is 0 Å². The van der Waals surface area contributed by atoms with Crippen LogP contribution in [0.4, 0.5) is 10.7 Å². The minimum atomic E-state index is 0.0287. The Morgan fingerprint density at radius 3 is 2.77 bits per heavy atom. The Morgan fingerprint density at radius 1 is 1.31 bits per heavy atom. The zero-order valence-corrected chi connectivity index (χ0v) is 16.7. The van der Waals surface area contributed by atoms with Gasteiger partial charge in [0.25, 0.3) is 0 Å². The number of hydrogen-bond acceptors (Lipinski definition) is 3. The molecule has 6 heteroatoms. The molecule has 3 rings (SSSR count). The number of aromatic nitrogens is 2. The van der Waals surface area contributed by atoms with Gasteiger partial charge >= 0.3 is 6.03 Å². The first kappa shape index (κ1) is 19.0. The van der Waals surface area contributed by atoms with Crippen LogP contribution in [0.3, 0.4) is 0 Å². The number of hydrogen-bond donors (Lipinski definition) is 0. The molecule has 142 valence electrons. The molecule has 1 aromatic carbocycles. The monoisotopic (exact) mass is 376 g/mol. The summed E-state index contributed by atoms with van der Waals surface area (Å²) >= 11 is 6.13. The summed E-state index contributed by atoms with van der Waals surface area (Å²) in [6.07, 6.45) is 3.02. The topological polar surface area (TPSA) is 41.4 Å². The van der Waals surface area contributed by atoms with Crippen molar-refractivity contribution in [3.63, 3.8) is 0 Å². The van der Waals surface area contributed by atoms with Gasteiger partial charge in [0.1, 0.15) is 0 Å². The van der Waals surface area contributed by atoms with Gasteiger partial charge < -0.3 is 9.80 Å². The lowest BCUT2D eigenvalue weighted by Gasteiger charge is -2.32. The van der Waals surface area contributed by atoms with Gasteiger partial charge in [-0.3, -0.25) is 0 Å². The van der Waals surface area contributed by atoms with Crippen LogP contribution >= 0.6 is 11.6 Å². The van der Waals surface area contributed by atoms with Gasteiger partial charge in [0.05, 0.1) is 17.1 Å². The zero-order chi connectivity index (χ0) is 18.7. The molecule has 5 nitrogen and oxygen atoms in total. The molecule has 2 aromatic rings. The van der Waals surface area contributed by atoms with Crippen LogP contribution in [-0.4, -0.2) is 52.0 Å². The number of halogens is 1. The van der Waals surface area contributed by atoms with Crippen LogP contribution < -0.4 is 4.90 Å². The summed E-state index contributed by atoms with van der Waals surface area (Å²) in [7, 11) is 0. The van der Waals surface area contributed by atoms with Crippen molar-refractivity contribution in [3.05, 3.63) is 24.3 Å². The van der Waals surface area contributed by atoms with Crippen molar-refractivity contribution in [1.29, 1.82) is 0 Å². The van der Waals surface area contributed by atoms with Crippen LogP contribution in [0, 0.1) is 5.92 Å². The third-order valence-electron chi connectivity index (χ3n) is 4.91. The average Bonchev–Trinajstić information content (AvgIpc) is 2.95. The third-order valence-corrected chi connectivity index (χ3v) is 5.13. The molecule has 1 aliphatic heterocycles. The number of amides is 1. The number of rotatable bonds is 7. The first-order valence-electron chi connectivity index (χ1n) is 9.66. The molecule has 2 heterocycles. The molecule has 1 atom stereocenters. The fourth-order valence-corrected chi connectivity index (χ4v) is 3.96. The van der Waals surface area contributed by atoms with Crippen molar-refractivity contribution in [2.45, 2.75) is 46.1 Å². The van der Waals surface area contributed by atoms with Crippen LogP contribution in [0.5, 0.6) is 0 Å². The fourth-order valence-electron chi connectivity index (χ4n) is 3.71. The highest BCUT2D eigenvalue weighted by Crippen LogP contribution is 2.29. The Balaban J connectivity index is 2.13. The molecule has 0 bridgehead atoms. The number of imidazole rings is 1. The van der Waals surface area contributed by atoms with E-state index in [4.69, 9.17) is 16.6 Å². The molecule has 0 fully saturated rings. The van der Waals surface area contributed by atoms with Crippen molar-refractivity contribution in [3.8, 4) is 0 Å². The van der Waals surface area contributed by atoms with Gasteiger partial charge in [0.2, 0.25) is 5.95 Å². The molecule has 0 radical (unpaired) electrons. The largest absolute Gasteiger partial charge is 0.337 e. The van der Waals surface area contributed by atoms with Gasteiger partial charge in [-0.2, -0.15) is 0 Å². The highest BCUT2D eigenvalue weighted by molar-refractivity contribution is 6.17. The highest BCUT2D eigenvalue weighted by Gasteiger charge is 2.34. The van der Waals surface area contributed by atoms with Gasteiger partial charge in [0, 0.05) is 25.5 Å². The Morgan fingerprint density at radius 2 is 2.08 bits per heavy atom. The van der Waals surface area contributed by atoms with Crippen molar-refractivity contribution in [2.24, 2.45) is 5.92 Å². The predicted octanol–water partition coefficient (Wildman–Crippen LogP) is 4.58. The van der Waals surface area contributed by atoms with E-state index in [1.165, 1.54) is 0 Å². The summed E-state index contributed by atoms with van der Waals surface area (Å²) in [6.45, 7) is 8.82.